The van der Waals surface area contributed by atoms with E-state index in [1.165, 1.54) is 31.7 Å². The fraction of sp³-hybridized carbons (Fsp3) is 0.409. The number of benzene rings is 2. The lowest BCUT2D eigenvalue weighted by molar-refractivity contribution is 0.0000722. The Morgan fingerprint density at radius 3 is 2.62 bits per heavy atom. The van der Waals surface area contributed by atoms with E-state index in [2.05, 4.69) is 4.72 Å². The van der Waals surface area contributed by atoms with Crippen LogP contribution in [0.5, 0.6) is 5.75 Å². The first kappa shape index (κ1) is 19.9. The third-order valence-electron chi connectivity index (χ3n) is 5.82. The number of carbonyl (C=O) groups excluding carboxylic acids is 1. The predicted octanol–water partition coefficient (Wildman–Crippen LogP) is 3.98. The maximum absolute atomic E-state index is 13.1. The van der Waals surface area contributed by atoms with E-state index in [0.29, 0.717) is 6.42 Å². The lowest BCUT2D eigenvalue weighted by atomic mass is 9.77. The molecular formula is C22H25NO5S. The Labute approximate surface area is 171 Å². The van der Waals surface area contributed by atoms with E-state index in [0.717, 1.165) is 37.0 Å². The number of methoxy groups -OCH3 is 1. The van der Waals surface area contributed by atoms with E-state index in [9.17, 15) is 13.2 Å². The van der Waals surface area contributed by atoms with Crippen molar-refractivity contribution in [2.45, 2.75) is 55.1 Å². The number of hydrogen-bond acceptors (Lipinski definition) is 5. The second-order valence-corrected chi connectivity index (χ2v) is 9.49. The van der Waals surface area contributed by atoms with E-state index < -0.39 is 16.0 Å². The molecule has 1 aliphatic heterocycles. The van der Waals surface area contributed by atoms with E-state index in [1.54, 1.807) is 6.07 Å². The topological polar surface area (TPSA) is 81.7 Å². The Kier molecular flexibility index (Phi) is 5.36. The first-order valence-electron chi connectivity index (χ1n) is 9.91. The first-order chi connectivity index (χ1) is 13.9. The van der Waals surface area contributed by atoms with E-state index in [1.807, 2.05) is 24.3 Å². The second-order valence-electron chi connectivity index (χ2n) is 7.78. The Balaban J connectivity index is 1.66. The fourth-order valence-corrected chi connectivity index (χ4v) is 5.65. The molecule has 2 aromatic carbocycles. The average Bonchev–Trinajstić information content (AvgIpc) is 2.73. The van der Waals surface area contributed by atoms with Gasteiger partial charge >= 0.3 is 5.97 Å². The monoisotopic (exact) mass is 415 g/mol. The third kappa shape index (κ3) is 4.02. The van der Waals surface area contributed by atoms with Crippen LogP contribution in [0.25, 0.3) is 0 Å². The standard InChI is InChI=1S/C22H25NO5S/c1-27-21(24)16-8-7-9-17(14-16)29(25,26)23-19-15-22(12-5-2-6-13-22)28-20-11-4-3-10-18(19)20/h3-4,7-11,14,19,23H,2,5-6,12-13,15H2,1H3/t19-/m0/s1. The smallest absolute Gasteiger partial charge is 0.337 e. The summed E-state index contributed by atoms with van der Waals surface area (Å²) < 4.78 is 40.2. The average molecular weight is 416 g/mol. The van der Waals surface area contributed by atoms with Crippen molar-refractivity contribution in [1.29, 1.82) is 0 Å². The number of nitrogens with one attached hydrogen (secondary N) is 1. The van der Waals surface area contributed by atoms with Gasteiger partial charge in [-0.3, -0.25) is 0 Å². The van der Waals surface area contributed by atoms with Crippen LogP contribution < -0.4 is 9.46 Å². The molecule has 0 amide bonds. The van der Waals surface area contributed by atoms with E-state index in [4.69, 9.17) is 9.47 Å². The molecular weight excluding hydrogens is 390 g/mol. The van der Waals surface area contributed by atoms with Crippen LogP contribution >= 0.6 is 0 Å². The van der Waals surface area contributed by atoms with Gasteiger partial charge in [-0.1, -0.05) is 30.7 Å². The van der Waals surface area contributed by atoms with Crippen molar-refractivity contribution in [3.8, 4) is 5.75 Å². The van der Waals surface area contributed by atoms with Gasteiger partial charge < -0.3 is 9.47 Å². The van der Waals surface area contributed by atoms with Crippen LogP contribution in [0.15, 0.2) is 53.4 Å². The van der Waals surface area contributed by atoms with Crippen molar-refractivity contribution in [2.75, 3.05) is 7.11 Å². The molecule has 2 aliphatic rings. The number of hydrogen-bond donors (Lipinski definition) is 1. The summed E-state index contributed by atoms with van der Waals surface area (Å²) in [5.74, 6) is 0.177. The molecule has 2 aromatic rings. The molecule has 0 aromatic heterocycles. The predicted molar refractivity (Wildman–Crippen MR) is 108 cm³/mol. The molecule has 1 aliphatic carbocycles. The van der Waals surface area contributed by atoms with Crippen molar-refractivity contribution in [2.24, 2.45) is 0 Å². The van der Waals surface area contributed by atoms with Gasteiger partial charge in [0.1, 0.15) is 11.4 Å². The molecule has 1 saturated carbocycles. The zero-order valence-corrected chi connectivity index (χ0v) is 17.2. The van der Waals surface area contributed by atoms with Gasteiger partial charge in [0.2, 0.25) is 10.0 Å². The SMILES string of the molecule is COC(=O)c1cccc(S(=O)(=O)N[C@H]2CC3(CCCCC3)Oc3ccccc32)c1. The number of esters is 1. The van der Waals surface area contributed by atoms with Gasteiger partial charge in [-0.15, -0.1) is 0 Å². The molecule has 1 spiro atoms. The number of para-hydroxylation sites is 1. The molecule has 0 saturated heterocycles. The number of carbonyl (C=O) groups is 1. The largest absolute Gasteiger partial charge is 0.487 e. The summed E-state index contributed by atoms with van der Waals surface area (Å²) in [5, 5.41) is 0. The highest BCUT2D eigenvalue weighted by Gasteiger charge is 2.42. The number of fused-ring (bicyclic) bond motifs is 1. The number of ether oxygens (including phenoxy) is 2. The summed E-state index contributed by atoms with van der Waals surface area (Å²) in [7, 11) is -2.57. The minimum atomic E-state index is -3.84. The first-order valence-corrected chi connectivity index (χ1v) is 11.4. The molecule has 6 nitrogen and oxygen atoms in total. The van der Waals surface area contributed by atoms with Crippen LogP contribution in [0.4, 0.5) is 0 Å². The van der Waals surface area contributed by atoms with E-state index in [-0.39, 0.29) is 22.1 Å². The zero-order chi connectivity index (χ0) is 20.5. The summed E-state index contributed by atoms with van der Waals surface area (Å²) in [5.41, 5.74) is 0.719. The summed E-state index contributed by atoms with van der Waals surface area (Å²) in [4.78, 5) is 11.8. The summed E-state index contributed by atoms with van der Waals surface area (Å²) in [6, 6.07) is 13.1. The normalized spacial score (nSPS) is 20.5. The zero-order valence-electron chi connectivity index (χ0n) is 16.4. The van der Waals surface area contributed by atoms with Gasteiger partial charge in [0.25, 0.3) is 0 Å². The summed E-state index contributed by atoms with van der Waals surface area (Å²) in [6.45, 7) is 0. The van der Waals surface area contributed by atoms with Crippen LogP contribution in [0.3, 0.4) is 0 Å². The van der Waals surface area contributed by atoms with Crippen LogP contribution in [0.2, 0.25) is 0 Å². The van der Waals surface area contributed by atoms with Crippen LogP contribution in [0, 0.1) is 0 Å². The molecule has 0 bridgehead atoms. The minimum absolute atomic E-state index is 0.0436. The van der Waals surface area contributed by atoms with Crippen molar-refractivity contribution in [3.05, 3.63) is 59.7 Å². The molecule has 1 atom stereocenters. The van der Waals surface area contributed by atoms with Crippen molar-refractivity contribution >= 4 is 16.0 Å². The quantitative estimate of drug-likeness (QED) is 0.764. The minimum Gasteiger partial charge on any atom is -0.487 e. The highest BCUT2D eigenvalue weighted by atomic mass is 32.2. The molecule has 0 radical (unpaired) electrons. The molecule has 1 heterocycles. The highest BCUT2D eigenvalue weighted by Crippen LogP contribution is 2.46. The number of sulfonamides is 1. The van der Waals surface area contributed by atoms with Crippen molar-refractivity contribution in [1.82, 2.24) is 4.72 Å². The molecule has 1 N–H and O–H groups in total. The Hall–Kier alpha value is -2.38. The second kappa shape index (κ2) is 7.80. The molecule has 154 valence electrons. The van der Waals surface area contributed by atoms with Crippen LogP contribution in [-0.2, 0) is 14.8 Å². The van der Waals surface area contributed by atoms with Crippen molar-refractivity contribution in [3.63, 3.8) is 0 Å². The lowest BCUT2D eigenvalue weighted by Crippen LogP contribution is -2.46. The molecule has 0 unspecified atom stereocenters. The number of rotatable bonds is 4. The molecule has 7 heteroatoms. The Bertz CT molecular complexity index is 1010. The summed E-state index contributed by atoms with van der Waals surface area (Å²) >= 11 is 0. The van der Waals surface area contributed by atoms with Gasteiger partial charge in [0, 0.05) is 12.0 Å². The van der Waals surface area contributed by atoms with Gasteiger partial charge in [0.05, 0.1) is 23.6 Å². The Morgan fingerprint density at radius 1 is 1.10 bits per heavy atom. The van der Waals surface area contributed by atoms with Gasteiger partial charge in [0.15, 0.2) is 0 Å². The maximum Gasteiger partial charge on any atom is 0.337 e. The lowest BCUT2D eigenvalue weighted by Gasteiger charge is -2.44. The maximum atomic E-state index is 13.1. The van der Waals surface area contributed by atoms with Crippen LogP contribution in [0.1, 0.15) is 60.5 Å². The van der Waals surface area contributed by atoms with Gasteiger partial charge in [-0.2, -0.15) is 0 Å². The fourth-order valence-electron chi connectivity index (χ4n) is 4.39. The third-order valence-corrected chi connectivity index (χ3v) is 7.29. The molecule has 29 heavy (non-hydrogen) atoms. The Morgan fingerprint density at radius 2 is 1.86 bits per heavy atom. The van der Waals surface area contributed by atoms with E-state index >= 15 is 0 Å². The van der Waals surface area contributed by atoms with Gasteiger partial charge in [-0.05, 0) is 49.9 Å². The summed E-state index contributed by atoms with van der Waals surface area (Å²) in [6.07, 6.45) is 5.81. The highest BCUT2D eigenvalue weighted by molar-refractivity contribution is 7.89. The van der Waals surface area contributed by atoms with Gasteiger partial charge in [-0.25, -0.2) is 17.9 Å². The van der Waals surface area contributed by atoms with Crippen LogP contribution in [-0.4, -0.2) is 27.1 Å². The molecule has 1 fully saturated rings. The van der Waals surface area contributed by atoms with Crippen molar-refractivity contribution < 1.29 is 22.7 Å². The molecule has 4 rings (SSSR count).